The summed E-state index contributed by atoms with van der Waals surface area (Å²) >= 11 is 3.20. The first kappa shape index (κ1) is 11.8. The Labute approximate surface area is 103 Å². The summed E-state index contributed by atoms with van der Waals surface area (Å²) < 4.78 is 19.9. The topological polar surface area (TPSA) is 25.4 Å². The van der Waals surface area contributed by atoms with Gasteiger partial charge in [0, 0.05) is 23.8 Å². The van der Waals surface area contributed by atoms with Gasteiger partial charge in [-0.25, -0.2) is 9.37 Å². The molecule has 0 aromatic carbocycles. The largest absolute Gasteiger partial charge is 0.372 e. The number of anilines is 1. The second-order valence-corrected chi connectivity index (χ2v) is 5.40. The number of aromatic nitrogens is 1. The second kappa shape index (κ2) is 4.30. The van der Waals surface area contributed by atoms with Crippen molar-refractivity contribution >= 4 is 21.7 Å². The molecule has 0 saturated carbocycles. The average molecular weight is 289 g/mol. The van der Waals surface area contributed by atoms with Crippen LogP contribution in [0.1, 0.15) is 13.8 Å². The molecule has 0 N–H and O–H groups in total. The highest BCUT2D eigenvalue weighted by Gasteiger charge is 2.29. The van der Waals surface area contributed by atoms with E-state index in [1.54, 1.807) is 6.20 Å². The number of hydrogen-bond donors (Lipinski definition) is 0. The fraction of sp³-hybridized carbons (Fsp3) is 0.545. The molecule has 0 aliphatic carbocycles. The minimum Gasteiger partial charge on any atom is -0.372 e. The van der Waals surface area contributed by atoms with Crippen LogP contribution >= 0.6 is 15.9 Å². The summed E-state index contributed by atoms with van der Waals surface area (Å²) in [5, 5.41) is 0. The van der Waals surface area contributed by atoms with Crippen molar-refractivity contribution in [3.05, 3.63) is 22.6 Å². The molecule has 1 aromatic rings. The Balaban J connectivity index is 2.23. The van der Waals surface area contributed by atoms with Gasteiger partial charge in [-0.3, -0.25) is 0 Å². The van der Waals surface area contributed by atoms with Crippen LogP contribution in [0.5, 0.6) is 0 Å². The minimum atomic E-state index is -0.299. The molecule has 1 aliphatic rings. The first-order valence-corrected chi connectivity index (χ1v) is 5.97. The summed E-state index contributed by atoms with van der Waals surface area (Å²) in [4.78, 5) is 6.04. The summed E-state index contributed by atoms with van der Waals surface area (Å²) in [5.74, 6) is 0.103. The van der Waals surface area contributed by atoms with E-state index in [0.717, 1.165) is 0 Å². The van der Waals surface area contributed by atoms with Gasteiger partial charge in [-0.2, -0.15) is 0 Å². The smallest absolute Gasteiger partial charge is 0.166 e. The lowest BCUT2D eigenvalue weighted by Crippen LogP contribution is -2.48. The lowest BCUT2D eigenvalue weighted by atomic mass is 10.1. The molecule has 0 radical (unpaired) electrons. The van der Waals surface area contributed by atoms with E-state index in [2.05, 4.69) is 20.9 Å². The normalized spacial score (nSPS) is 19.9. The number of nitrogens with zero attached hydrogens (tertiary/aromatic N) is 2. The molecule has 0 atom stereocenters. The van der Waals surface area contributed by atoms with Gasteiger partial charge in [-0.05, 0) is 35.8 Å². The standard InChI is InChI=1S/C11H14BrFN2O/c1-11(2)7-15(3-4-16-11)10-9(13)5-8(12)6-14-10/h5-6H,3-4,7H2,1-2H3. The number of morpholine rings is 1. The Morgan fingerprint density at radius 1 is 1.56 bits per heavy atom. The SMILES string of the molecule is CC1(C)CN(c2ncc(Br)cc2F)CCO1. The maximum Gasteiger partial charge on any atom is 0.166 e. The minimum absolute atomic E-state index is 0.251. The highest BCUT2D eigenvalue weighted by atomic mass is 79.9. The maximum absolute atomic E-state index is 13.7. The highest BCUT2D eigenvalue weighted by Crippen LogP contribution is 2.25. The molecule has 1 aromatic heterocycles. The number of hydrogen-bond acceptors (Lipinski definition) is 3. The molecule has 0 spiro atoms. The summed E-state index contributed by atoms with van der Waals surface area (Å²) in [7, 11) is 0. The van der Waals surface area contributed by atoms with Gasteiger partial charge in [-0.1, -0.05) is 0 Å². The number of pyridine rings is 1. The lowest BCUT2D eigenvalue weighted by Gasteiger charge is -2.38. The third-order valence-electron chi connectivity index (χ3n) is 2.51. The van der Waals surface area contributed by atoms with Crippen molar-refractivity contribution in [3.8, 4) is 0 Å². The van der Waals surface area contributed by atoms with Crippen molar-refractivity contribution in [1.29, 1.82) is 0 Å². The Bertz CT molecular complexity index is 398. The quantitative estimate of drug-likeness (QED) is 0.794. The maximum atomic E-state index is 13.7. The first-order chi connectivity index (χ1) is 7.48. The van der Waals surface area contributed by atoms with Gasteiger partial charge in [-0.15, -0.1) is 0 Å². The van der Waals surface area contributed by atoms with E-state index in [1.165, 1.54) is 6.07 Å². The van der Waals surface area contributed by atoms with Crippen molar-refractivity contribution in [2.24, 2.45) is 0 Å². The third kappa shape index (κ3) is 2.52. The van der Waals surface area contributed by atoms with Crippen molar-refractivity contribution in [2.75, 3.05) is 24.6 Å². The highest BCUT2D eigenvalue weighted by molar-refractivity contribution is 9.10. The molecule has 0 amide bonds. The number of rotatable bonds is 1. The predicted octanol–water partition coefficient (Wildman–Crippen LogP) is 2.60. The van der Waals surface area contributed by atoms with Crippen LogP contribution in [0.25, 0.3) is 0 Å². The van der Waals surface area contributed by atoms with E-state index in [1.807, 2.05) is 18.7 Å². The molecule has 1 saturated heterocycles. The number of ether oxygens (including phenoxy) is 1. The van der Waals surface area contributed by atoms with E-state index in [4.69, 9.17) is 4.74 Å². The molecule has 2 heterocycles. The zero-order chi connectivity index (χ0) is 11.8. The van der Waals surface area contributed by atoms with Crippen molar-refractivity contribution < 1.29 is 9.13 Å². The molecular weight excluding hydrogens is 275 g/mol. The van der Waals surface area contributed by atoms with Crippen LogP contribution in [0.3, 0.4) is 0 Å². The molecule has 1 fully saturated rings. The van der Waals surface area contributed by atoms with Crippen LogP contribution in [0.2, 0.25) is 0 Å². The molecule has 1 aliphatic heterocycles. The Hall–Kier alpha value is -0.680. The van der Waals surface area contributed by atoms with Crippen LogP contribution in [0.15, 0.2) is 16.7 Å². The van der Waals surface area contributed by atoms with Gasteiger partial charge in [0.05, 0.1) is 12.2 Å². The van der Waals surface area contributed by atoms with Crippen LogP contribution in [0, 0.1) is 5.82 Å². The second-order valence-electron chi connectivity index (χ2n) is 4.49. The summed E-state index contributed by atoms with van der Waals surface area (Å²) in [5.41, 5.74) is -0.251. The van der Waals surface area contributed by atoms with Crippen molar-refractivity contribution in [3.63, 3.8) is 0 Å². The lowest BCUT2D eigenvalue weighted by molar-refractivity contribution is -0.0280. The van der Waals surface area contributed by atoms with Crippen LogP contribution < -0.4 is 4.90 Å². The van der Waals surface area contributed by atoms with E-state index in [-0.39, 0.29) is 11.4 Å². The summed E-state index contributed by atoms with van der Waals surface area (Å²) in [6, 6.07) is 1.44. The molecule has 5 heteroatoms. The van der Waals surface area contributed by atoms with Crippen LogP contribution in [0.4, 0.5) is 10.2 Å². The fourth-order valence-corrected chi connectivity index (χ4v) is 2.14. The first-order valence-electron chi connectivity index (χ1n) is 5.18. The Morgan fingerprint density at radius 3 is 2.94 bits per heavy atom. The monoisotopic (exact) mass is 288 g/mol. The number of halogens is 2. The van der Waals surface area contributed by atoms with Crippen molar-refractivity contribution in [1.82, 2.24) is 4.98 Å². The van der Waals surface area contributed by atoms with Crippen LogP contribution in [-0.2, 0) is 4.74 Å². The third-order valence-corrected chi connectivity index (χ3v) is 2.95. The molecule has 0 bridgehead atoms. The molecule has 88 valence electrons. The molecule has 16 heavy (non-hydrogen) atoms. The van der Waals surface area contributed by atoms with E-state index >= 15 is 0 Å². The molecular formula is C11H14BrFN2O. The average Bonchev–Trinajstić information content (AvgIpc) is 2.15. The summed E-state index contributed by atoms with van der Waals surface area (Å²) in [6.07, 6.45) is 1.61. The van der Waals surface area contributed by atoms with Gasteiger partial charge < -0.3 is 9.64 Å². The van der Waals surface area contributed by atoms with Gasteiger partial charge in [0.2, 0.25) is 0 Å². The van der Waals surface area contributed by atoms with E-state index in [9.17, 15) is 4.39 Å². The van der Waals surface area contributed by atoms with Gasteiger partial charge >= 0.3 is 0 Å². The van der Waals surface area contributed by atoms with Crippen LogP contribution in [-0.4, -0.2) is 30.3 Å². The van der Waals surface area contributed by atoms with Crippen molar-refractivity contribution in [2.45, 2.75) is 19.4 Å². The predicted molar refractivity (Wildman–Crippen MR) is 64.1 cm³/mol. The van der Waals surface area contributed by atoms with E-state index in [0.29, 0.717) is 30.0 Å². The zero-order valence-corrected chi connectivity index (χ0v) is 10.9. The van der Waals surface area contributed by atoms with Gasteiger partial charge in [0.15, 0.2) is 11.6 Å². The molecule has 3 nitrogen and oxygen atoms in total. The van der Waals surface area contributed by atoms with Gasteiger partial charge in [0.1, 0.15) is 0 Å². The summed E-state index contributed by atoms with van der Waals surface area (Å²) in [6.45, 7) is 5.92. The Morgan fingerprint density at radius 2 is 2.31 bits per heavy atom. The van der Waals surface area contributed by atoms with E-state index < -0.39 is 0 Å². The van der Waals surface area contributed by atoms with Gasteiger partial charge in [0.25, 0.3) is 0 Å². The fourth-order valence-electron chi connectivity index (χ4n) is 1.84. The zero-order valence-electron chi connectivity index (χ0n) is 9.33. The molecule has 2 rings (SSSR count). The Kier molecular flexibility index (Phi) is 3.17. The molecule has 0 unspecified atom stereocenters.